The standard InChI is InChI=1S/C31H49N3O7/c1-22(2)33(30(35)24-6-9-28(38-4)29(16-24)40-13-5-12-37-3)19-25-17-32-18-26(25)20-34(27-7-8-27)31(36)41-21-23-10-14-39-15-11-23/h6,9,16,22-23,25-27,32H,5,7-8,10-15,17-21H2,1-4H3/t25-,26+/m1/s1. The second-order valence-electron chi connectivity index (χ2n) is 11.8. The molecule has 1 saturated carbocycles. The molecular formula is C31H49N3O7. The van der Waals surface area contributed by atoms with Crippen molar-refractivity contribution in [2.75, 3.05) is 73.4 Å². The lowest BCUT2D eigenvalue weighted by molar-refractivity contribution is 0.0265. The minimum atomic E-state index is -0.197. The van der Waals surface area contributed by atoms with Crippen molar-refractivity contribution in [2.45, 2.75) is 58.0 Å². The van der Waals surface area contributed by atoms with Crippen molar-refractivity contribution < 1.29 is 33.3 Å². The first-order valence-corrected chi connectivity index (χ1v) is 15.2. The molecule has 3 aliphatic rings. The fraction of sp³-hybridized carbons (Fsp3) is 0.742. The van der Waals surface area contributed by atoms with Gasteiger partial charge in [-0.25, -0.2) is 4.79 Å². The van der Waals surface area contributed by atoms with Crippen LogP contribution < -0.4 is 14.8 Å². The van der Waals surface area contributed by atoms with E-state index in [0.29, 0.717) is 55.9 Å². The quantitative estimate of drug-likeness (QED) is 0.315. The zero-order valence-electron chi connectivity index (χ0n) is 25.3. The molecule has 0 spiro atoms. The Balaban J connectivity index is 1.38. The molecule has 2 saturated heterocycles. The van der Waals surface area contributed by atoms with E-state index in [1.54, 1.807) is 32.4 Å². The molecule has 230 valence electrons. The van der Waals surface area contributed by atoms with Crippen LogP contribution in [0.4, 0.5) is 4.79 Å². The molecule has 0 unspecified atom stereocenters. The van der Waals surface area contributed by atoms with Gasteiger partial charge in [-0.15, -0.1) is 0 Å². The van der Waals surface area contributed by atoms with E-state index in [2.05, 4.69) is 5.32 Å². The molecule has 3 fully saturated rings. The predicted octanol–water partition coefficient (Wildman–Crippen LogP) is 3.82. The number of carbonyl (C=O) groups is 2. The van der Waals surface area contributed by atoms with Crippen molar-refractivity contribution in [3.05, 3.63) is 23.8 Å². The van der Waals surface area contributed by atoms with Crippen LogP contribution in [-0.2, 0) is 14.2 Å². The Morgan fingerprint density at radius 1 is 1.00 bits per heavy atom. The molecule has 10 heteroatoms. The summed E-state index contributed by atoms with van der Waals surface area (Å²) in [6.07, 6.45) is 4.49. The minimum absolute atomic E-state index is 0.0147. The first-order chi connectivity index (χ1) is 19.9. The number of methoxy groups -OCH3 is 2. The Hall–Kier alpha value is -2.56. The summed E-state index contributed by atoms with van der Waals surface area (Å²) in [6.45, 7) is 10.0. The van der Waals surface area contributed by atoms with E-state index in [-0.39, 0.29) is 35.9 Å². The normalized spacial score (nSPS) is 21.1. The number of hydrogen-bond acceptors (Lipinski definition) is 8. The van der Waals surface area contributed by atoms with Crippen LogP contribution in [0.2, 0.25) is 0 Å². The van der Waals surface area contributed by atoms with Gasteiger partial charge in [-0.2, -0.15) is 0 Å². The van der Waals surface area contributed by atoms with Crippen molar-refractivity contribution in [3.8, 4) is 11.5 Å². The molecule has 0 radical (unpaired) electrons. The number of carbonyl (C=O) groups excluding carboxylic acids is 2. The highest BCUT2D eigenvalue weighted by Crippen LogP contribution is 2.32. The molecule has 41 heavy (non-hydrogen) atoms. The summed E-state index contributed by atoms with van der Waals surface area (Å²) in [7, 11) is 3.26. The maximum atomic E-state index is 13.8. The summed E-state index contributed by atoms with van der Waals surface area (Å²) in [6, 6.07) is 5.64. The van der Waals surface area contributed by atoms with Crippen molar-refractivity contribution >= 4 is 12.0 Å². The summed E-state index contributed by atoms with van der Waals surface area (Å²) >= 11 is 0. The zero-order valence-corrected chi connectivity index (χ0v) is 25.3. The van der Waals surface area contributed by atoms with Crippen LogP contribution in [0, 0.1) is 17.8 Å². The van der Waals surface area contributed by atoms with Gasteiger partial charge in [0.1, 0.15) is 0 Å². The van der Waals surface area contributed by atoms with Gasteiger partial charge in [-0.1, -0.05) is 0 Å². The Morgan fingerprint density at radius 3 is 2.39 bits per heavy atom. The van der Waals surface area contributed by atoms with E-state index in [9.17, 15) is 9.59 Å². The number of hydrogen-bond donors (Lipinski definition) is 1. The van der Waals surface area contributed by atoms with Crippen molar-refractivity contribution in [2.24, 2.45) is 17.8 Å². The van der Waals surface area contributed by atoms with Crippen LogP contribution in [0.15, 0.2) is 18.2 Å². The third-order valence-electron chi connectivity index (χ3n) is 8.39. The SMILES string of the molecule is COCCCOc1cc(C(=O)N(C[C@H]2CNC[C@H]2CN(C(=O)OCC2CCOCC2)C2CC2)C(C)C)ccc1OC. The third kappa shape index (κ3) is 8.96. The van der Waals surface area contributed by atoms with Crippen molar-refractivity contribution in [1.82, 2.24) is 15.1 Å². The number of nitrogens with zero attached hydrogens (tertiary/aromatic N) is 2. The van der Waals surface area contributed by atoms with Gasteiger partial charge < -0.3 is 38.8 Å². The lowest BCUT2D eigenvalue weighted by Crippen LogP contribution is -2.45. The van der Waals surface area contributed by atoms with Crippen LogP contribution in [0.3, 0.4) is 0 Å². The molecule has 1 N–H and O–H groups in total. The van der Waals surface area contributed by atoms with Crippen LogP contribution in [0.1, 0.15) is 56.3 Å². The lowest BCUT2D eigenvalue weighted by atomic mass is 9.94. The maximum Gasteiger partial charge on any atom is 0.410 e. The number of nitrogens with one attached hydrogen (secondary N) is 1. The van der Waals surface area contributed by atoms with Crippen LogP contribution in [-0.4, -0.2) is 107 Å². The van der Waals surface area contributed by atoms with Crippen molar-refractivity contribution in [1.29, 1.82) is 0 Å². The predicted molar refractivity (Wildman–Crippen MR) is 156 cm³/mol. The monoisotopic (exact) mass is 575 g/mol. The van der Waals surface area contributed by atoms with Gasteiger partial charge in [0, 0.05) is 77.2 Å². The summed E-state index contributed by atoms with van der Waals surface area (Å²) in [4.78, 5) is 30.8. The molecular weight excluding hydrogens is 526 g/mol. The van der Waals surface area contributed by atoms with Crippen LogP contribution >= 0.6 is 0 Å². The van der Waals surface area contributed by atoms with Crippen LogP contribution in [0.25, 0.3) is 0 Å². The summed E-state index contributed by atoms with van der Waals surface area (Å²) in [5.41, 5.74) is 0.569. The molecule has 1 aromatic rings. The molecule has 10 nitrogen and oxygen atoms in total. The van der Waals surface area contributed by atoms with Gasteiger partial charge in [0.2, 0.25) is 0 Å². The van der Waals surface area contributed by atoms with Gasteiger partial charge >= 0.3 is 6.09 Å². The van der Waals surface area contributed by atoms with E-state index >= 15 is 0 Å². The summed E-state index contributed by atoms with van der Waals surface area (Å²) < 4.78 is 27.7. The van der Waals surface area contributed by atoms with E-state index < -0.39 is 0 Å². The Morgan fingerprint density at radius 2 is 1.73 bits per heavy atom. The van der Waals surface area contributed by atoms with E-state index in [4.69, 9.17) is 23.7 Å². The molecule has 2 amide bonds. The van der Waals surface area contributed by atoms with Gasteiger partial charge in [-0.3, -0.25) is 4.79 Å². The molecule has 4 rings (SSSR count). The average molecular weight is 576 g/mol. The number of amides is 2. The first kappa shape index (κ1) is 31.4. The zero-order chi connectivity index (χ0) is 29.2. The fourth-order valence-electron chi connectivity index (χ4n) is 5.67. The second kappa shape index (κ2) is 15.6. The Bertz CT molecular complexity index is 980. The fourth-order valence-corrected chi connectivity index (χ4v) is 5.67. The summed E-state index contributed by atoms with van der Waals surface area (Å²) in [5.74, 6) is 1.97. The third-order valence-corrected chi connectivity index (χ3v) is 8.39. The molecule has 0 aromatic heterocycles. The Kier molecular flexibility index (Phi) is 11.9. The molecule has 2 heterocycles. The molecule has 0 bridgehead atoms. The van der Waals surface area contributed by atoms with Crippen molar-refractivity contribution in [3.63, 3.8) is 0 Å². The smallest absolute Gasteiger partial charge is 0.410 e. The molecule has 2 aliphatic heterocycles. The largest absolute Gasteiger partial charge is 0.493 e. The minimum Gasteiger partial charge on any atom is -0.493 e. The number of benzene rings is 1. The van der Waals surface area contributed by atoms with Gasteiger partial charge in [0.15, 0.2) is 11.5 Å². The van der Waals surface area contributed by atoms with Crippen LogP contribution in [0.5, 0.6) is 11.5 Å². The summed E-state index contributed by atoms with van der Waals surface area (Å²) in [5, 5.41) is 3.51. The second-order valence-corrected chi connectivity index (χ2v) is 11.8. The Labute approximate surface area is 244 Å². The molecule has 2 atom stereocenters. The number of ether oxygens (including phenoxy) is 5. The lowest BCUT2D eigenvalue weighted by Gasteiger charge is -2.33. The van der Waals surface area contributed by atoms with Gasteiger partial charge in [0.25, 0.3) is 5.91 Å². The highest BCUT2D eigenvalue weighted by Gasteiger charge is 2.39. The number of rotatable bonds is 15. The highest BCUT2D eigenvalue weighted by atomic mass is 16.6. The molecule has 1 aliphatic carbocycles. The van der Waals surface area contributed by atoms with E-state index in [0.717, 1.165) is 58.4 Å². The van der Waals surface area contributed by atoms with E-state index in [1.807, 2.05) is 23.6 Å². The highest BCUT2D eigenvalue weighted by molar-refractivity contribution is 5.95. The van der Waals surface area contributed by atoms with Gasteiger partial charge in [0.05, 0.1) is 20.3 Å². The maximum absolute atomic E-state index is 13.8. The first-order valence-electron chi connectivity index (χ1n) is 15.2. The average Bonchev–Trinajstić information content (AvgIpc) is 3.74. The van der Waals surface area contributed by atoms with E-state index in [1.165, 1.54) is 0 Å². The molecule has 1 aromatic carbocycles. The topological polar surface area (TPSA) is 98.8 Å². The van der Waals surface area contributed by atoms with Gasteiger partial charge in [-0.05, 0) is 75.5 Å².